The smallest absolute Gasteiger partial charge is 0.306 e. The molecule has 1 aliphatic rings. The summed E-state index contributed by atoms with van der Waals surface area (Å²) in [6.45, 7) is 6.14. The second-order valence-electron chi connectivity index (χ2n) is 9.18. The molecule has 0 saturated carbocycles. The van der Waals surface area contributed by atoms with Gasteiger partial charge in [-0.2, -0.15) is 0 Å². The van der Waals surface area contributed by atoms with Crippen LogP contribution in [0.15, 0.2) is 23.7 Å². The van der Waals surface area contributed by atoms with Gasteiger partial charge in [-0.25, -0.2) is 9.97 Å². The highest BCUT2D eigenvalue weighted by Crippen LogP contribution is 2.37. The average Bonchev–Trinajstić information content (AvgIpc) is 3.48. The molecule has 1 aliphatic heterocycles. The highest BCUT2D eigenvalue weighted by molar-refractivity contribution is 7.17. The molecule has 2 N–H and O–H groups in total. The highest BCUT2D eigenvalue weighted by atomic mass is 35.5. The summed E-state index contributed by atoms with van der Waals surface area (Å²) in [6, 6.07) is 3.89. The fraction of sp³-hybridized carbons (Fsp3) is 0.440. The number of nitrogens with one attached hydrogen (secondary N) is 1. The maximum absolute atomic E-state index is 13.1. The molecule has 198 valence electrons. The molecule has 1 unspecified atom stereocenters. The summed E-state index contributed by atoms with van der Waals surface area (Å²) < 4.78 is 0. The number of carbonyl (C=O) groups excluding carboxylic acids is 1. The van der Waals surface area contributed by atoms with Gasteiger partial charge in [0.25, 0.3) is 5.91 Å². The van der Waals surface area contributed by atoms with Gasteiger partial charge in [-0.15, -0.1) is 11.3 Å². The zero-order valence-corrected chi connectivity index (χ0v) is 24.0. The summed E-state index contributed by atoms with van der Waals surface area (Å²) in [5.41, 5.74) is 1.15. The van der Waals surface area contributed by atoms with Crippen molar-refractivity contribution >= 4 is 68.7 Å². The zero-order valence-electron chi connectivity index (χ0n) is 20.8. The largest absolute Gasteiger partial charge is 0.481 e. The number of thiazole rings is 1. The maximum Gasteiger partial charge on any atom is 0.306 e. The van der Waals surface area contributed by atoms with Crippen LogP contribution in [0.25, 0.3) is 10.6 Å². The minimum atomic E-state index is -0.770. The Hall–Kier alpha value is -2.24. The van der Waals surface area contributed by atoms with Crippen molar-refractivity contribution in [1.82, 2.24) is 14.9 Å². The van der Waals surface area contributed by atoms with Crippen molar-refractivity contribution in [2.45, 2.75) is 45.7 Å². The molecule has 0 bridgehead atoms. The Bertz CT molecular complexity index is 1270. The summed E-state index contributed by atoms with van der Waals surface area (Å²) in [5, 5.41) is 15.5. The first-order valence-electron chi connectivity index (χ1n) is 12.0. The molecular weight excluding hydrogens is 553 g/mol. The number of piperidine rings is 1. The Kier molecular flexibility index (Phi) is 9.07. The highest BCUT2D eigenvalue weighted by Gasteiger charge is 2.27. The molecule has 8 nitrogen and oxygen atoms in total. The van der Waals surface area contributed by atoms with E-state index in [1.54, 1.807) is 6.07 Å². The van der Waals surface area contributed by atoms with E-state index in [-0.39, 0.29) is 11.8 Å². The van der Waals surface area contributed by atoms with Crippen LogP contribution in [0.4, 0.5) is 10.9 Å². The van der Waals surface area contributed by atoms with E-state index in [9.17, 15) is 14.7 Å². The van der Waals surface area contributed by atoms with E-state index in [0.29, 0.717) is 65.1 Å². The fourth-order valence-electron chi connectivity index (χ4n) is 4.13. The summed E-state index contributed by atoms with van der Waals surface area (Å²) in [5.74, 6) is -0.906. The van der Waals surface area contributed by atoms with Crippen LogP contribution in [0, 0.1) is 5.92 Å². The van der Waals surface area contributed by atoms with Crippen LogP contribution in [0.3, 0.4) is 0 Å². The van der Waals surface area contributed by atoms with Crippen molar-refractivity contribution in [2.75, 3.05) is 30.4 Å². The number of aromatic nitrogens is 2. The summed E-state index contributed by atoms with van der Waals surface area (Å²) in [4.78, 5) is 39.7. The van der Waals surface area contributed by atoms with Crippen LogP contribution in [-0.4, -0.2) is 58.0 Å². The average molecular weight is 583 g/mol. The Morgan fingerprint density at radius 3 is 2.62 bits per heavy atom. The molecule has 1 amide bonds. The van der Waals surface area contributed by atoms with Gasteiger partial charge < -0.3 is 10.0 Å². The number of carboxylic acid groups (broad SMARTS) is 1. The first-order chi connectivity index (χ1) is 17.7. The van der Waals surface area contributed by atoms with E-state index in [0.717, 1.165) is 21.9 Å². The molecule has 0 aromatic carbocycles. The van der Waals surface area contributed by atoms with Crippen LogP contribution in [0.5, 0.6) is 0 Å². The Morgan fingerprint density at radius 1 is 1.30 bits per heavy atom. The SMILES string of the molecule is CCC(C)N(C)Cc1sc(NC(=O)c2cnc(N3CCC(C(=O)O)CC3)c(Cl)c2)nc1-c1cc(Cl)cs1. The molecule has 4 rings (SSSR count). The third kappa shape index (κ3) is 6.61. The molecule has 37 heavy (non-hydrogen) atoms. The monoisotopic (exact) mass is 581 g/mol. The van der Waals surface area contributed by atoms with Gasteiger partial charge in [-0.3, -0.25) is 19.8 Å². The van der Waals surface area contributed by atoms with Gasteiger partial charge in [-0.1, -0.05) is 41.5 Å². The van der Waals surface area contributed by atoms with E-state index in [1.807, 2.05) is 16.3 Å². The molecule has 1 fully saturated rings. The summed E-state index contributed by atoms with van der Waals surface area (Å²) in [6.07, 6.45) is 3.59. The van der Waals surface area contributed by atoms with Crippen molar-refractivity contribution in [3.63, 3.8) is 0 Å². The number of aliphatic carboxylic acids is 1. The first kappa shape index (κ1) is 27.8. The van der Waals surface area contributed by atoms with Gasteiger partial charge in [-0.05, 0) is 45.4 Å². The van der Waals surface area contributed by atoms with Crippen LogP contribution in [-0.2, 0) is 11.3 Å². The molecule has 3 aromatic rings. The Labute approximate surface area is 234 Å². The third-order valence-electron chi connectivity index (χ3n) is 6.68. The number of nitrogens with zero attached hydrogens (tertiary/aromatic N) is 4. The van der Waals surface area contributed by atoms with Crippen molar-refractivity contribution < 1.29 is 14.7 Å². The van der Waals surface area contributed by atoms with Gasteiger partial charge in [0.1, 0.15) is 5.82 Å². The predicted molar refractivity (Wildman–Crippen MR) is 151 cm³/mol. The molecule has 4 heterocycles. The fourth-order valence-corrected chi connectivity index (χ4v) is 6.61. The van der Waals surface area contributed by atoms with Gasteiger partial charge in [0.15, 0.2) is 5.13 Å². The van der Waals surface area contributed by atoms with Crippen LogP contribution < -0.4 is 10.2 Å². The molecule has 12 heteroatoms. The minimum Gasteiger partial charge on any atom is -0.481 e. The summed E-state index contributed by atoms with van der Waals surface area (Å²) in [7, 11) is 2.08. The van der Waals surface area contributed by atoms with Crippen LogP contribution in [0.1, 0.15) is 48.3 Å². The number of anilines is 2. The summed E-state index contributed by atoms with van der Waals surface area (Å²) >= 11 is 15.6. The molecule has 3 aromatic heterocycles. The molecule has 1 atom stereocenters. The van der Waals surface area contributed by atoms with Crippen molar-refractivity contribution in [3.8, 4) is 10.6 Å². The lowest BCUT2D eigenvalue weighted by Gasteiger charge is -2.31. The first-order valence-corrected chi connectivity index (χ1v) is 14.5. The topological polar surface area (TPSA) is 98.7 Å². The maximum atomic E-state index is 13.1. The molecule has 1 saturated heterocycles. The minimum absolute atomic E-state index is 0.323. The number of halogens is 2. The van der Waals surface area contributed by atoms with Gasteiger partial charge in [0.05, 0.1) is 32.1 Å². The Balaban J connectivity index is 1.50. The normalized spacial score (nSPS) is 15.2. The Morgan fingerprint density at radius 2 is 2.03 bits per heavy atom. The second-order valence-corrected chi connectivity index (χ2v) is 12.0. The van der Waals surface area contributed by atoms with E-state index in [4.69, 9.17) is 28.2 Å². The lowest BCUT2D eigenvalue weighted by molar-refractivity contribution is -0.142. The number of carbonyl (C=O) groups is 2. The standard InChI is InChI=1S/C25H29Cl2N5O3S2/c1-4-14(2)31(3)12-20-21(19-10-17(26)13-36-19)29-25(37-20)30-23(33)16-9-18(27)22(28-11-16)32-7-5-15(6-8-32)24(34)35/h9-11,13-15H,4-8,12H2,1-3H3,(H,34,35)(H,29,30,33). The van der Waals surface area contributed by atoms with E-state index in [1.165, 1.54) is 28.9 Å². The lowest BCUT2D eigenvalue weighted by Crippen LogP contribution is -2.37. The van der Waals surface area contributed by atoms with Gasteiger partial charge in [0.2, 0.25) is 0 Å². The number of amides is 1. The molecule has 0 aliphatic carbocycles. The molecule has 0 radical (unpaired) electrons. The number of pyridine rings is 1. The van der Waals surface area contributed by atoms with Gasteiger partial charge in [0, 0.05) is 42.1 Å². The molecule has 0 spiro atoms. The number of thiophene rings is 1. The van der Waals surface area contributed by atoms with Crippen molar-refractivity contribution in [2.24, 2.45) is 5.92 Å². The zero-order chi connectivity index (χ0) is 26.7. The van der Waals surface area contributed by atoms with Crippen molar-refractivity contribution in [1.29, 1.82) is 0 Å². The van der Waals surface area contributed by atoms with E-state index >= 15 is 0 Å². The van der Waals surface area contributed by atoms with Gasteiger partial charge >= 0.3 is 5.97 Å². The van der Waals surface area contributed by atoms with Crippen molar-refractivity contribution in [3.05, 3.63) is 44.2 Å². The number of rotatable bonds is 9. The predicted octanol–water partition coefficient (Wildman–Crippen LogP) is 6.36. The number of carboxylic acids is 1. The van der Waals surface area contributed by atoms with Crippen LogP contribution in [0.2, 0.25) is 10.0 Å². The van der Waals surface area contributed by atoms with Crippen LogP contribution >= 0.6 is 45.9 Å². The second kappa shape index (κ2) is 12.1. The third-order valence-corrected chi connectivity index (χ3v) is 9.20. The van der Waals surface area contributed by atoms with E-state index in [2.05, 4.69) is 36.1 Å². The molecular formula is C25H29Cl2N5O3S2. The number of hydrogen-bond donors (Lipinski definition) is 2. The quantitative estimate of drug-likeness (QED) is 0.303. The number of hydrogen-bond acceptors (Lipinski definition) is 8. The van der Waals surface area contributed by atoms with E-state index < -0.39 is 5.97 Å². The lowest BCUT2D eigenvalue weighted by atomic mass is 9.97.